The van der Waals surface area contributed by atoms with Crippen molar-refractivity contribution in [3.63, 3.8) is 0 Å². The fourth-order valence-electron chi connectivity index (χ4n) is 5.26. The third kappa shape index (κ3) is 5.07. The Kier molecular flexibility index (Phi) is 7.01. The molecule has 32 heavy (non-hydrogen) atoms. The second-order valence-corrected chi connectivity index (χ2v) is 10.1. The van der Waals surface area contributed by atoms with Crippen molar-refractivity contribution in [1.82, 2.24) is 19.6 Å². The molecule has 4 rings (SSSR count). The molecular formula is C26H38N4O2. The Morgan fingerprint density at radius 3 is 2.31 bits per heavy atom. The summed E-state index contributed by atoms with van der Waals surface area (Å²) < 4.78 is 7.81. The standard InChI is InChI=1S/C26H38N4O2/c1-18(2)25-24(14-27-30(25)23-8-6-19(3)7-9-23)26(31)29-12-10-22(11-13-29)17-28-15-20(4)32-21(5)16-28/h6-9,14,18,20-22H,10-13,15-17H2,1-5H3. The van der Waals surface area contributed by atoms with Crippen LogP contribution < -0.4 is 0 Å². The molecule has 0 radical (unpaired) electrons. The molecule has 1 aromatic carbocycles. The van der Waals surface area contributed by atoms with Gasteiger partial charge >= 0.3 is 0 Å². The lowest BCUT2D eigenvalue weighted by Gasteiger charge is -2.39. The van der Waals surface area contributed by atoms with Crippen LogP contribution in [0, 0.1) is 12.8 Å². The first-order valence-electron chi connectivity index (χ1n) is 12.1. The summed E-state index contributed by atoms with van der Waals surface area (Å²) in [7, 11) is 0. The first kappa shape index (κ1) is 23.0. The highest BCUT2D eigenvalue weighted by Crippen LogP contribution is 2.27. The molecular weight excluding hydrogens is 400 g/mol. The van der Waals surface area contributed by atoms with Gasteiger partial charge in [-0.3, -0.25) is 9.69 Å². The van der Waals surface area contributed by atoms with Crippen molar-refractivity contribution in [1.29, 1.82) is 0 Å². The van der Waals surface area contributed by atoms with Gasteiger partial charge in [0, 0.05) is 32.7 Å². The maximum Gasteiger partial charge on any atom is 0.257 e. The van der Waals surface area contributed by atoms with E-state index in [1.54, 1.807) is 6.20 Å². The van der Waals surface area contributed by atoms with Crippen LogP contribution in [0.5, 0.6) is 0 Å². The van der Waals surface area contributed by atoms with Crippen molar-refractivity contribution in [2.75, 3.05) is 32.7 Å². The predicted molar refractivity (Wildman–Crippen MR) is 127 cm³/mol. The van der Waals surface area contributed by atoms with Crippen molar-refractivity contribution in [3.8, 4) is 5.69 Å². The number of carbonyl (C=O) groups is 1. The minimum absolute atomic E-state index is 0.124. The highest BCUT2D eigenvalue weighted by Gasteiger charge is 2.30. The van der Waals surface area contributed by atoms with Gasteiger partial charge in [0.15, 0.2) is 0 Å². The Bertz CT molecular complexity index is 902. The zero-order valence-corrected chi connectivity index (χ0v) is 20.3. The van der Waals surface area contributed by atoms with Crippen LogP contribution in [0.2, 0.25) is 0 Å². The van der Waals surface area contributed by atoms with E-state index >= 15 is 0 Å². The number of hydrogen-bond acceptors (Lipinski definition) is 4. The number of ether oxygens (including phenoxy) is 1. The van der Waals surface area contributed by atoms with E-state index < -0.39 is 0 Å². The summed E-state index contributed by atoms with van der Waals surface area (Å²) in [5, 5.41) is 4.61. The average molecular weight is 439 g/mol. The van der Waals surface area contributed by atoms with Crippen molar-refractivity contribution >= 4 is 5.91 Å². The molecule has 0 aliphatic carbocycles. The van der Waals surface area contributed by atoms with E-state index in [1.807, 2.05) is 9.58 Å². The molecule has 0 N–H and O–H groups in total. The van der Waals surface area contributed by atoms with Gasteiger partial charge in [0.1, 0.15) is 0 Å². The zero-order chi connectivity index (χ0) is 22.8. The topological polar surface area (TPSA) is 50.6 Å². The Balaban J connectivity index is 1.41. The highest BCUT2D eigenvalue weighted by atomic mass is 16.5. The Hall–Kier alpha value is -2.18. The first-order valence-corrected chi connectivity index (χ1v) is 12.1. The van der Waals surface area contributed by atoms with Crippen LogP contribution in [-0.4, -0.2) is 70.4 Å². The number of hydrogen-bond donors (Lipinski definition) is 0. The molecule has 2 saturated heterocycles. The average Bonchev–Trinajstić information content (AvgIpc) is 3.19. The van der Waals surface area contributed by atoms with Crippen LogP contribution in [0.3, 0.4) is 0 Å². The summed E-state index contributed by atoms with van der Waals surface area (Å²) in [5.74, 6) is 0.983. The number of amides is 1. The van der Waals surface area contributed by atoms with Gasteiger partial charge in [-0.15, -0.1) is 0 Å². The van der Waals surface area contributed by atoms with Gasteiger partial charge in [-0.1, -0.05) is 31.5 Å². The van der Waals surface area contributed by atoms with Gasteiger partial charge < -0.3 is 9.64 Å². The SMILES string of the molecule is Cc1ccc(-n2ncc(C(=O)N3CCC(CN4CC(C)OC(C)C4)CC3)c2C(C)C)cc1. The summed E-state index contributed by atoms with van der Waals surface area (Å²) >= 11 is 0. The van der Waals surface area contributed by atoms with E-state index in [4.69, 9.17) is 4.74 Å². The number of likely N-dealkylation sites (tertiary alicyclic amines) is 1. The largest absolute Gasteiger partial charge is 0.373 e. The van der Waals surface area contributed by atoms with Crippen LogP contribution in [0.15, 0.2) is 30.5 Å². The van der Waals surface area contributed by atoms with Crippen LogP contribution >= 0.6 is 0 Å². The van der Waals surface area contributed by atoms with Crippen molar-refractivity contribution in [3.05, 3.63) is 47.3 Å². The number of morpholine rings is 1. The van der Waals surface area contributed by atoms with E-state index in [-0.39, 0.29) is 11.8 Å². The summed E-state index contributed by atoms with van der Waals surface area (Å²) in [6.07, 6.45) is 4.50. The van der Waals surface area contributed by atoms with Crippen molar-refractivity contribution in [2.45, 2.75) is 65.6 Å². The lowest BCUT2D eigenvalue weighted by atomic mass is 9.94. The molecule has 2 atom stereocenters. The van der Waals surface area contributed by atoms with Gasteiger partial charge in [0.25, 0.3) is 5.91 Å². The van der Waals surface area contributed by atoms with Crippen LogP contribution in [-0.2, 0) is 4.74 Å². The molecule has 6 heteroatoms. The van der Waals surface area contributed by atoms with Gasteiger partial charge in [0.2, 0.25) is 0 Å². The second kappa shape index (κ2) is 9.75. The fraction of sp³-hybridized carbons (Fsp3) is 0.615. The van der Waals surface area contributed by atoms with Gasteiger partial charge in [-0.25, -0.2) is 4.68 Å². The molecule has 3 heterocycles. The van der Waals surface area contributed by atoms with Gasteiger partial charge in [-0.05, 0) is 57.6 Å². The molecule has 6 nitrogen and oxygen atoms in total. The van der Waals surface area contributed by atoms with Crippen LogP contribution in [0.1, 0.15) is 68.1 Å². The van der Waals surface area contributed by atoms with Crippen molar-refractivity contribution < 1.29 is 9.53 Å². The molecule has 2 aliphatic heterocycles. The smallest absolute Gasteiger partial charge is 0.257 e. The number of rotatable bonds is 5. The number of aryl methyl sites for hydroxylation is 1. The second-order valence-electron chi connectivity index (χ2n) is 10.1. The predicted octanol–water partition coefficient (Wildman–Crippen LogP) is 4.27. The molecule has 2 unspecified atom stereocenters. The number of nitrogens with zero attached hydrogens (tertiary/aromatic N) is 4. The molecule has 2 aliphatic rings. The molecule has 0 bridgehead atoms. The van der Waals surface area contributed by atoms with E-state index in [0.29, 0.717) is 18.1 Å². The molecule has 2 fully saturated rings. The lowest BCUT2D eigenvalue weighted by molar-refractivity contribution is -0.0728. The maximum absolute atomic E-state index is 13.5. The number of carbonyl (C=O) groups excluding carboxylic acids is 1. The monoisotopic (exact) mass is 438 g/mol. The lowest BCUT2D eigenvalue weighted by Crippen LogP contribution is -2.48. The van der Waals surface area contributed by atoms with E-state index in [1.165, 1.54) is 5.56 Å². The van der Waals surface area contributed by atoms with Gasteiger partial charge in [0.05, 0.1) is 35.3 Å². The summed E-state index contributed by atoms with van der Waals surface area (Å²) in [4.78, 5) is 18.0. The highest BCUT2D eigenvalue weighted by molar-refractivity contribution is 5.95. The summed E-state index contributed by atoms with van der Waals surface area (Å²) in [6.45, 7) is 15.5. The number of benzene rings is 1. The Labute approximate surface area is 192 Å². The van der Waals surface area contributed by atoms with E-state index in [9.17, 15) is 4.79 Å². The van der Waals surface area contributed by atoms with Crippen LogP contribution in [0.25, 0.3) is 5.69 Å². The summed E-state index contributed by atoms with van der Waals surface area (Å²) in [6, 6.07) is 8.31. The van der Waals surface area contributed by atoms with Gasteiger partial charge in [-0.2, -0.15) is 5.10 Å². The Morgan fingerprint density at radius 2 is 1.72 bits per heavy atom. The third-order valence-corrected chi connectivity index (χ3v) is 6.78. The molecule has 0 saturated carbocycles. The summed E-state index contributed by atoms with van der Waals surface area (Å²) in [5.41, 5.74) is 3.96. The maximum atomic E-state index is 13.5. The third-order valence-electron chi connectivity index (χ3n) is 6.78. The molecule has 1 amide bonds. The fourth-order valence-corrected chi connectivity index (χ4v) is 5.26. The molecule has 0 spiro atoms. The normalized spacial score (nSPS) is 23.1. The quantitative estimate of drug-likeness (QED) is 0.700. The zero-order valence-electron chi connectivity index (χ0n) is 20.3. The molecule has 174 valence electrons. The van der Waals surface area contributed by atoms with E-state index in [0.717, 1.165) is 62.5 Å². The van der Waals surface area contributed by atoms with Crippen molar-refractivity contribution in [2.24, 2.45) is 5.92 Å². The minimum atomic E-state index is 0.124. The van der Waals surface area contributed by atoms with Crippen LogP contribution in [0.4, 0.5) is 0 Å². The number of aromatic nitrogens is 2. The number of piperidine rings is 1. The first-order chi connectivity index (χ1) is 15.3. The molecule has 1 aromatic heterocycles. The molecule has 2 aromatic rings. The van der Waals surface area contributed by atoms with E-state index in [2.05, 4.69) is 68.9 Å². The Morgan fingerprint density at radius 1 is 1.09 bits per heavy atom. The minimum Gasteiger partial charge on any atom is -0.373 e.